The number of alkyl halides is 1. The van der Waals surface area contributed by atoms with Crippen LogP contribution in [-0.4, -0.2) is 71.7 Å². The predicted octanol–water partition coefficient (Wildman–Crippen LogP) is 1.52. The minimum Gasteiger partial charge on any atom is -0.493 e. The molecule has 1 N–H and O–H groups in total. The van der Waals surface area contributed by atoms with Gasteiger partial charge in [-0.3, -0.25) is 14.9 Å². The second-order valence-corrected chi connectivity index (χ2v) is 6.85. The number of carbonyl (C=O) groups is 2. The number of β-amino-alcohol motifs (C(OH)–C–C–N with tert-alkyl or cyclic N) is 1. The van der Waals surface area contributed by atoms with Gasteiger partial charge in [0, 0.05) is 24.4 Å². The molecule has 0 unspecified atom stereocenters. The Labute approximate surface area is 169 Å². The lowest BCUT2D eigenvalue weighted by Crippen LogP contribution is -2.41. The van der Waals surface area contributed by atoms with Crippen LogP contribution in [-0.2, 0) is 9.53 Å². The number of likely N-dealkylation sites (tertiary alicyclic amines) is 1. The van der Waals surface area contributed by atoms with Crippen LogP contribution in [0, 0.1) is 10.1 Å². The zero-order valence-electron chi connectivity index (χ0n) is 15.4. The zero-order chi connectivity index (χ0) is 20.8. The maximum absolute atomic E-state index is 13.0. The van der Waals surface area contributed by atoms with Crippen LogP contribution in [0.25, 0.3) is 0 Å². The molecular weight excluding hydrogens is 440 g/mol. The van der Waals surface area contributed by atoms with Crippen LogP contribution in [0.4, 0.5) is 5.69 Å². The fourth-order valence-electron chi connectivity index (χ4n) is 2.93. The van der Waals surface area contributed by atoms with Crippen LogP contribution in [0.15, 0.2) is 12.1 Å². The van der Waals surface area contributed by atoms with Crippen molar-refractivity contribution >= 4 is 33.5 Å². The Kier molecular flexibility index (Phi) is 7.58. The van der Waals surface area contributed by atoms with Gasteiger partial charge in [-0.1, -0.05) is 15.9 Å². The van der Waals surface area contributed by atoms with Gasteiger partial charge < -0.3 is 24.2 Å². The number of benzene rings is 1. The van der Waals surface area contributed by atoms with Crippen molar-refractivity contribution in [3.05, 3.63) is 27.8 Å². The van der Waals surface area contributed by atoms with Crippen LogP contribution in [0.3, 0.4) is 0 Å². The van der Waals surface area contributed by atoms with Crippen LogP contribution < -0.4 is 9.47 Å². The minimum atomic E-state index is -1.02. The summed E-state index contributed by atoms with van der Waals surface area (Å²) in [5, 5.41) is 22.1. The third-order valence-corrected chi connectivity index (χ3v) is 4.82. The normalized spacial score (nSPS) is 18.6. The predicted molar refractivity (Wildman–Crippen MR) is 101 cm³/mol. The summed E-state index contributed by atoms with van der Waals surface area (Å²) in [6.07, 6.45) is -0.262. The molecule has 1 heterocycles. The standard InChI is InChI=1S/C17H21BrN2O8/c1-26-14-7-11(12(20(24)25)8-15(14)28-5-3-4-18)16(22)19-9-10(21)6-13(19)17(23)27-2/h7-8,10,13,21H,3-6,9H2,1-2H3/t10-,13+/m1/s1. The molecule has 0 bridgehead atoms. The molecule has 1 aliphatic heterocycles. The number of hydrogen-bond donors (Lipinski definition) is 1. The number of amides is 1. The van der Waals surface area contributed by atoms with E-state index in [0.29, 0.717) is 18.4 Å². The molecule has 11 heteroatoms. The van der Waals surface area contributed by atoms with E-state index in [-0.39, 0.29) is 30.0 Å². The number of nitro benzene ring substituents is 1. The number of halogens is 1. The van der Waals surface area contributed by atoms with Crippen molar-refractivity contribution < 1.29 is 33.8 Å². The van der Waals surface area contributed by atoms with Gasteiger partial charge in [-0.2, -0.15) is 0 Å². The molecule has 0 aromatic heterocycles. The van der Waals surface area contributed by atoms with Crippen LogP contribution in [0.5, 0.6) is 11.5 Å². The van der Waals surface area contributed by atoms with Crippen molar-refractivity contribution in [1.29, 1.82) is 0 Å². The van der Waals surface area contributed by atoms with E-state index in [9.17, 15) is 24.8 Å². The number of nitrogens with zero attached hydrogens (tertiary/aromatic N) is 2. The fraction of sp³-hybridized carbons (Fsp3) is 0.529. The summed E-state index contributed by atoms with van der Waals surface area (Å²) in [5.41, 5.74) is -0.748. The highest BCUT2D eigenvalue weighted by atomic mass is 79.9. The molecule has 1 amide bonds. The molecule has 28 heavy (non-hydrogen) atoms. The topological polar surface area (TPSA) is 128 Å². The highest BCUT2D eigenvalue weighted by molar-refractivity contribution is 9.09. The van der Waals surface area contributed by atoms with E-state index in [1.54, 1.807) is 0 Å². The van der Waals surface area contributed by atoms with Crippen molar-refractivity contribution in [2.45, 2.75) is 25.0 Å². The third-order valence-electron chi connectivity index (χ3n) is 4.26. The van der Waals surface area contributed by atoms with Gasteiger partial charge in [0.15, 0.2) is 11.5 Å². The van der Waals surface area contributed by atoms with Gasteiger partial charge in [-0.05, 0) is 6.42 Å². The maximum atomic E-state index is 13.0. The van der Waals surface area contributed by atoms with Crippen LogP contribution >= 0.6 is 15.9 Å². The molecule has 0 spiro atoms. The van der Waals surface area contributed by atoms with Gasteiger partial charge in [0.05, 0.1) is 37.9 Å². The van der Waals surface area contributed by atoms with Gasteiger partial charge in [-0.15, -0.1) is 0 Å². The van der Waals surface area contributed by atoms with E-state index in [0.717, 1.165) is 11.0 Å². The van der Waals surface area contributed by atoms with Crippen molar-refractivity contribution in [3.63, 3.8) is 0 Å². The molecule has 2 rings (SSSR count). The van der Waals surface area contributed by atoms with E-state index < -0.39 is 34.6 Å². The fourth-order valence-corrected chi connectivity index (χ4v) is 3.16. The van der Waals surface area contributed by atoms with Gasteiger partial charge in [0.25, 0.3) is 11.6 Å². The molecule has 1 fully saturated rings. The number of nitro groups is 1. The molecule has 154 valence electrons. The Bertz CT molecular complexity index is 757. The largest absolute Gasteiger partial charge is 0.493 e. The van der Waals surface area contributed by atoms with Crippen molar-refractivity contribution in [1.82, 2.24) is 4.90 Å². The summed E-state index contributed by atoms with van der Waals surface area (Å²) in [6, 6.07) is 1.32. The quantitative estimate of drug-likeness (QED) is 0.203. The molecule has 1 aromatic rings. The Morgan fingerprint density at radius 3 is 2.64 bits per heavy atom. The minimum absolute atomic E-state index is 0.00289. The number of ether oxygens (including phenoxy) is 3. The van der Waals surface area contributed by atoms with E-state index in [1.807, 2.05) is 0 Å². The monoisotopic (exact) mass is 460 g/mol. The molecule has 1 saturated heterocycles. The molecule has 1 aromatic carbocycles. The summed E-state index contributed by atoms with van der Waals surface area (Å²) < 4.78 is 15.4. The van der Waals surface area contributed by atoms with Gasteiger partial charge in [0.2, 0.25) is 0 Å². The van der Waals surface area contributed by atoms with Gasteiger partial charge >= 0.3 is 5.97 Å². The smallest absolute Gasteiger partial charge is 0.328 e. The number of aliphatic hydroxyl groups is 1. The second kappa shape index (κ2) is 9.69. The number of esters is 1. The lowest BCUT2D eigenvalue weighted by Gasteiger charge is -2.22. The number of methoxy groups -OCH3 is 2. The summed E-state index contributed by atoms with van der Waals surface area (Å²) in [5.74, 6) is -1.19. The lowest BCUT2D eigenvalue weighted by molar-refractivity contribution is -0.385. The first-order valence-corrected chi connectivity index (χ1v) is 9.58. The molecule has 1 aliphatic rings. The Morgan fingerprint density at radius 2 is 2.07 bits per heavy atom. The maximum Gasteiger partial charge on any atom is 0.328 e. The van der Waals surface area contributed by atoms with E-state index in [4.69, 9.17) is 9.47 Å². The number of hydrogen-bond acceptors (Lipinski definition) is 8. The van der Waals surface area contributed by atoms with E-state index in [1.165, 1.54) is 20.3 Å². The van der Waals surface area contributed by atoms with Gasteiger partial charge in [-0.25, -0.2) is 4.79 Å². The van der Waals surface area contributed by atoms with Crippen molar-refractivity contribution in [2.75, 3.05) is 32.7 Å². The second-order valence-electron chi connectivity index (χ2n) is 6.05. The molecule has 2 atom stereocenters. The van der Waals surface area contributed by atoms with Crippen molar-refractivity contribution in [2.24, 2.45) is 0 Å². The highest BCUT2D eigenvalue weighted by Gasteiger charge is 2.42. The SMILES string of the molecule is COC(=O)[C@@H]1C[C@@H](O)CN1C(=O)c1cc(OC)c(OCCCBr)cc1[N+](=O)[O-]. The molecule has 0 radical (unpaired) electrons. The first kappa shape index (κ1) is 21.9. The van der Waals surface area contributed by atoms with E-state index >= 15 is 0 Å². The first-order chi connectivity index (χ1) is 13.3. The number of carbonyl (C=O) groups excluding carboxylic acids is 2. The Balaban J connectivity index is 2.43. The summed E-state index contributed by atoms with van der Waals surface area (Å²) in [7, 11) is 2.52. The van der Waals surface area contributed by atoms with Crippen molar-refractivity contribution in [3.8, 4) is 11.5 Å². The summed E-state index contributed by atoms with van der Waals surface area (Å²) in [4.78, 5) is 36.8. The van der Waals surface area contributed by atoms with Crippen LogP contribution in [0.2, 0.25) is 0 Å². The molecule has 0 aliphatic carbocycles. The summed E-state index contributed by atoms with van der Waals surface area (Å²) >= 11 is 3.26. The first-order valence-electron chi connectivity index (χ1n) is 8.46. The molecular formula is C17H21BrN2O8. The van der Waals surface area contributed by atoms with Gasteiger partial charge in [0.1, 0.15) is 11.6 Å². The Hall–Kier alpha value is -2.40. The summed E-state index contributed by atoms with van der Waals surface area (Å²) in [6.45, 7) is 0.163. The average Bonchev–Trinajstić information content (AvgIpc) is 3.08. The lowest BCUT2D eigenvalue weighted by atomic mass is 10.1. The molecule has 10 nitrogen and oxygen atoms in total. The van der Waals surface area contributed by atoms with E-state index in [2.05, 4.69) is 20.7 Å². The third kappa shape index (κ3) is 4.71. The Morgan fingerprint density at radius 1 is 1.36 bits per heavy atom. The van der Waals surface area contributed by atoms with Crippen LogP contribution in [0.1, 0.15) is 23.2 Å². The average molecular weight is 461 g/mol. The number of rotatable bonds is 8. The number of aliphatic hydroxyl groups excluding tert-OH is 1. The molecule has 0 saturated carbocycles. The zero-order valence-corrected chi connectivity index (χ0v) is 17.0. The highest BCUT2D eigenvalue weighted by Crippen LogP contribution is 2.36.